The van der Waals surface area contributed by atoms with Gasteiger partial charge < -0.3 is 10.2 Å². The summed E-state index contributed by atoms with van der Waals surface area (Å²) in [5.41, 5.74) is 3.38. The first-order chi connectivity index (χ1) is 15.0. The summed E-state index contributed by atoms with van der Waals surface area (Å²) < 4.78 is 1.84. The van der Waals surface area contributed by atoms with E-state index >= 15 is 0 Å². The van der Waals surface area contributed by atoms with Crippen molar-refractivity contribution in [3.63, 3.8) is 0 Å². The van der Waals surface area contributed by atoms with Gasteiger partial charge in [-0.25, -0.2) is 9.67 Å². The van der Waals surface area contributed by atoms with Crippen LogP contribution in [0.3, 0.4) is 0 Å². The van der Waals surface area contributed by atoms with E-state index in [9.17, 15) is 4.79 Å². The van der Waals surface area contributed by atoms with Crippen molar-refractivity contribution in [2.45, 2.75) is 12.6 Å². The van der Waals surface area contributed by atoms with Gasteiger partial charge in [0.15, 0.2) is 5.65 Å². The SMILES string of the molecule is CN(C)C(CNC(=O)c1cnc2c(cnn2Cc2ccccc2)c1)c1ccccc1Cl. The number of fused-ring (bicyclic) bond motifs is 1. The zero-order valence-electron chi connectivity index (χ0n) is 17.5. The summed E-state index contributed by atoms with van der Waals surface area (Å²) in [6.45, 7) is 1.06. The molecule has 0 aliphatic carbocycles. The van der Waals surface area contributed by atoms with Crippen LogP contribution in [-0.4, -0.2) is 46.2 Å². The second kappa shape index (κ2) is 9.29. The fraction of sp³-hybridized carbons (Fsp3) is 0.208. The Balaban J connectivity index is 1.48. The molecular formula is C24H24ClN5O. The highest BCUT2D eigenvalue weighted by Crippen LogP contribution is 2.25. The fourth-order valence-electron chi connectivity index (χ4n) is 3.58. The summed E-state index contributed by atoms with van der Waals surface area (Å²) in [5, 5.41) is 8.97. The molecular weight excluding hydrogens is 410 g/mol. The zero-order chi connectivity index (χ0) is 21.8. The average molecular weight is 434 g/mol. The van der Waals surface area contributed by atoms with Gasteiger partial charge in [0.25, 0.3) is 5.91 Å². The van der Waals surface area contributed by atoms with Gasteiger partial charge in [-0.2, -0.15) is 5.10 Å². The van der Waals surface area contributed by atoms with E-state index in [4.69, 9.17) is 11.6 Å². The van der Waals surface area contributed by atoms with E-state index in [-0.39, 0.29) is 11.9 Å². The minimum Gasteiger partial charge on any atom is -0.350 e. The number of aromatic nitrogens is 3. The molecule has 1 N–H and O–H groups in total. The molecule has 0 spiro atoms. The van der Waals surface area contributed by atoms with Gasteiger partial charge in [0.2, 0.25) is 0 Å². The molecule has 4 aromatic rings. The van der Waals surface area contributed by atoms with E-state index in [2.05, 4.69) is 27.5 Å². The maximum Gasteiger partial charge on any atom is 0.252 e. The van der Waals surface area contributed by atoms with Crippen LogP contribution < -0.4 is 5.32 Å². The van der Waals surface area contributed by atoms with Crippen LogP contribution in [0.4, 0.5) is 0 Å². The third-order valence-corrected chi connectivity index (χ3v) is 5.60. The van der Waals surface area contributed by atoms with E-state index < -0.39 is 0 Å². The van der Waals surface area contributed by atoms with Gasteiger partial charge in [-0.3, -0.25) is 4.79 Å². The van der Waals surface area contributed by atoms with Crippen molar-refractivity contribution in [2.24, 2.45) is 0 Å². The summed E-state index contributed by atoms with van der Waals surface area (Å²) in [6, 6.07) is 19.6. The number of nitrogens with one attached hydrogen (secondary N) is 1. The first kappa shape index (κ1) is 21.0. The van der Waals surface area contributed by atoms with Crippen LogP contribution in [0.1, 0.15) is 27.5 Å². The van der Waals surface area contributed by atoms with Gasteiger partial charge in [-0.15, -0.1) is 0 Å². The van der Waals surface area contributed by atoms with Gasteiger partial charge in [-0.1, -0.05) is 60.1 Å². The molecule has 0 radical (unpaired) electrons. The molecule has 2 aromatic carbocycles. The Morgan fingerprint density at radius 3 is 2.58 bits per heavy atom. The third kappa shape index (κ3) is 4.76. The Morgan fingerprint density at radius 1 is 1.10 bits per heavy atom. The number of benzene rings is 2. The molecule has 2 heterocycles. The summed E-state index contributed by atoms with van der Waals surface area (Å²) >= 11 is 6.36. The third-order valence-electron chi connectivity index (χ3n) is 5.26. The maximum atomic E-state index is 12.8. The molecule has 158 valence electrons. The van der Waals surface area contributed by atoms with E-state index in [0.717, 1.165) is 22.2 Å². The number of hydrogen-bond donors (Lipinski definition) is 1. The van der Waals surface area contributed by atoms with Crippen LogP contribution in [-0.2, 0) is 6.54 Å². The maximum absolute atomic E-state index is 12.8. The molecule has 1 amide bonds. The minimum atomic E-state index is -0.177. The monoisotopic (exact) mass is 433 g/mol. The van der Waals surface area contributed by atoms with Crippen LogP contribution >= 0.6 is 11.6 Å². The van der Waals surface area contributed by atoms with Crippen LogP contribution in [0, 0.1) is 0 Å². The van der Waals surface area contributed by atoms with Crippen molar-refractivity contribution in [3.05, 3.63) is 94.8 Å². The number of carbonyl (C=O) groups excluding carboxylic acids is 1. The molecule has 7 heteroatoms. The van der Waals surface area contributed by atoms with Gasteiger partial charge in [-0.05, 0) is 37.4 Å². The second-order valence-electron chi connectivity index (χ2n) is 7.64. The van der Waals surface area contributed by atoms with Crippen molar-refractivity contribution in [3.8, 4) is 0 Å². The second-order valence-corrected chi connectivity index (χ2v) is 8.04. The van der Waals surface area contributed by atoms with Crippen LogP contribution in [0.5, 0.6) is 0 Å². The normalized spacial score (nSPS) is 12.3. The number of nitrogens with zero attached hydrogens (tertiary/aromatic N) is 4. The van der Waals surface area contributed by atoms with Gasteiger partial charge >= 0.3 is 0 Å². The van der Waals surface area contributed by atoms with Crippen molar-refractivity contribution >= 4 is 28.5 Å². The number of pyridine rings is 1. The Hall–Kier alpha value is -3.22. The largest absolute Gasteiger partial charge is 0.350 e. The molecule has 4 rings (SSSR count). The number of carbonyl (C=O) groups is 1. The lowest BCUT2D eigenvalue weighted by Gasteiger charge is -2.26. The van der Waals surface area contributed by atoms with E-state index in [1.165, 1.54) is 0 Å². The van der Waals surface area contributed by atoms with Crippen molar-refractivity contribution in [1.29, 1.82) is 0 Å². The lowest BCUT2D eigenvalue weighted by molar-refractivity contribution is 0.0941. The molecule has 0 aliphatic rings. The highest BCUT2D eigenvalue weighted by atomic mass is 35.5. The van der Waals surface area contributed by atoms with Crippen molar-refractivity contribution in [1.82, 2.24) is 25.0 Å². The molecule has 0 fully saturated rings. The quantitative estimate of drug-likeness (QED) is 0.475. The predicted octanol–water partition coefficient (Wildman–Crippen LogP) is 4.17. The highest BCUT2D eigenvalue weighted by molar-refractivity contribution is 6.31. The minimum absolute atomic E-state index is 0.0389. The molecule has 0 saturated heterocycles. The first-order valence-electron chi connectivity index (χ1n) is 10.1. The summed E-state index contributed by atoms with van der Waals surface area (Å²) in [7, 11) is 3.93. The summed E-state index contributed by atoms with van der Waals surface area (Å²) in [6.07, 6.45) is 3.34. The summed E-state index contributed by atoms with van der Waals surface area (Å²) in [4.78, 5) is 19.3. The molecule has 6 nitrogen and oxygen atoms in total. The predicted molar refractivity (Wildman–Crippen MR) is 123 cm³/mol. The van der Waals surface area contributed by atoms with Crippen LogP contribution in [0.25, 0.3) is 11.0 Å². The molecule has 2 aromatic heterocycles. The molecule has 0 saturated carbocycles. The molecule has 0 bridgehead atoms. The van der Waals surface area contributed by atoms with Gasteiger partial charge in [0.05, 0.1) is 24.3 Å². The number of hydrogen-bond acceptors (Lipinski definition) is 4. The van der Waals surface area contributed by atoms with E-state index in [1.807, 2.05) is 72.2 Å². The Bertz CT molecular complexity index is 1190. The Labute approximate surface area is 186 Å². The van der Waals surface area contributed by atoms with Crippen molar-refractivity contribution in [2.75, 3.05) is 20.6 Å². The lowest BCUT2D eigenvalue weighted by Crippen LogP contribution is -2.34. The summed E-state index contributed by atoms with van der Waals surface area (Å²) in [5.74, 6) is -0.177. The Kier molecular flexibility index (Phi) is 6.30. The molecule has 0 aliphatic heterocycles. The topological polar surface area (TPSA) is 63.1 Å². The first-order valence-corrected chi connectivity index (χ1v) is 10.5. The molecule has 1 atom stereocenters. The lowest BCUT2D eigenvalue weighted by atomic mass is 10.1. The van der Waals surface area contributed by atoms with E-state index in [1.54, 1.807) is 12.4 Å². The van der Waals surface area contributed by atoms with E-state index in [0.29, 0.717) is 23.7 Å². The highest BCUT2D eigenvalue weighted by Gasteiger charge is 2.19. The average Bonchev–Trinajstić information content (AvgIpc) is 3.17. The molecule has 31 heavy (non-hydrogen) atoms. The number of rotatable bonds is 7. The molecule has 1 unspecified atom stereocenters. The fourth-order valence-corrected chi connectivity index (χ4v) is 3.84. The zero-order valence-corrected chi connectivity index (χ0v) is 18.3. The van der Waals surface area contributed by atoms with Crippen LogP contribution in [0.2, 0.25) is 5.02 Å². The van der Waals surface area contributed by atoms with Crippen molar-refractivity contribution < 1.29 is 4.79 Å². The number of amides is 1. The smallest absolute Gasteiger partial charge is 0.252 e. The number of likely N-dealkylation sites (N-methyl/N-ethyl adjacent to an activating group) is 1. The number of halogens is 1. The standard InChI is InChI=1S/C24H24ClN5O/c1-29(2)22(20-10-6-7-11-21(20)25)15-27-24(31)19-12-18-14-28-30(23(18)26-13-19)16-17-8-4-3-5-9-17/h3-14,22H,15-16H2,1-2H3,(H,27,31). The van der Waals surface area contributed by atoms with Gasteiger partial charge in [0.1, 0.15) is 0 Å². The Morgan fingerprint density at radius 2 is 1.84 bits per heavy atom. The van der Waals surface area contributed by atoms with Gasteiger partial charge in [0, 0.05) is 23.2 Å². The van der Waals surface area contributed by atoms with Crippen LogP contribution in [0.15, 0.2) is 73.1 Å².